The predicted octanol–water partition coefficient (Wildman–Crippen LogP) is 3.81. The summed E-state index contributed by atoms with van der Waals surface area (Å²) in [5, 5.41) is 13.4. The van der Waals surface area contributed by atoms with Crippen LogP contribution in [0.4, 0.5) is 5.95 Å². The Morgan fingerprint density at radius 2 is 1.83 bits per heavy atom. The van der Waals surface area contributed by atoms with Crippen LogP contribution in [0, 0.1) is 0 Å². The lowest BCUT2D eigenvalue weighted by molar-refractivity contribution is 0.951. The van der Waals surface area contributed by atoms with Gasteiger partial charge < -0.3 is 10.3 Å². The molecule has 0 atom stereocenters. The first kappa shape index (κ1) is 14.0. The number of rotatable bonds is 4. The molecule has 0 bridgehead atoms. The van der Waals surface area contributed by atoms with E-state index in [0.29, 0.717) is 12.5 Å². The van der Waals surface area contributed by atoms with Gasteiger partial charge in [0.2, 0.25) is 5.95 Å². The molecule has 0 amide bonds. The van der Waals surface area contributed by atoms with Crippen molar-refractivity contribution in [2.75, 3.05) is 11.9 Å². The lowest BCUT2D eigenvalue weighted by atomic mass is 10.1. The number of nitrogens with zero attached hydrogens (tertiary/aromatic N) is 3. The quantitative estimate of drug-likeness (QED) is 0.599. The number of fused-ring (bicyclic) bond motifs is 3. The number of para-hydroxylation sites is 1. The van der Waals surface area contributed by atoms with Crippen LogP contribution in [0.3, 0.4) is 0 Å². The Morgan fingerprint density at radius 1 is 1.00 bits per heavy atom. The maximum atomic E-state index is 6.15. The van der Waals surface area contributed by atoms with Crippen molar-refractivity contribution in [3.63, 3.8) is 0 Å². The number of nitrogens with one attached hydrogen (secondary N) is 2. The maximum absolute atomic E-state index is 6.15. The van der Waals surface area contributed by atoms with Crippen molar-refractivity contribution in [1.82, 2.24) is 20.2 Å². The predicted molar refractivity (Wildman–Crippen MR) is 92.8 cm³/mol. The summed E-state index contributed by atoms with van der Waals surface area (Å²) < 4.78 is 0. The van der Waals surface area contributed by atoms with Gasteiger partial charge in [-0.25, -0.2) is 0 Å². The van der Waals surface area contributed by atoms with Gasteiger partial charge >= 0.3 is 0 Å². The molecule has 0 fully saturated rings. The molecule has 5 nitrogen and oxygen atoms in total. The average Bonchev–Trinajstić information content (AvgIpc) is 2.94. The smallest absolute Gasteiger partial charge is 0.244 e. The number of hydrogen-bond donors (Lipinski definition) is 2. The fraction of sp³-hybridized carbons (Fsp3) is 0.118. The normalized spacial score (nSPS) is 11.2. The van der Waals surface area contributed by atoms with E-state index in [-0.39, 0.29) is 0 Å². The second-order valence-corrected chi connectivity index (χ2v) is 5.68. The van der Waals surface area contributed by atoms with E-state index in [0.717, 1.165) is 39.1 Å². The third-order valence-corrected chi connectivity index (χ3v) is 4.13. The van der Waals surface area contributed by atoms with E-state index in [9.17, 15) is 0 Å². The minimum Gasteiger partial charge on any atom is -0.353 e. The Kier molecular flexibility index (Phi) is 3.55. The van der Waals surface area contributed by atoms with Crippen molar-refractivity contribution in [1.29, 1.82) is 0 Å². The molecule has 0 aliphatic heterocycles. The Labute approximate surface area is 137 Å². The van der Waals surface area contributed by atoms with Gasteiger partial charge in [0.15, 0.2) is 5.65 Å². The zero-order chi connectivity index (χ0) is 15.6. The van der Waals surface area contributed by atoms with Gasteiger partial charge in [0.25, 0.3) is 0 Å². The van der Waals surface area contributed by atoms with Crippen LogP contribution in [0.5, 0.6) is 0 Å². The minimum atomic E-state index is 0.510. The van der Waals surface area contributed by atoms with Gasteiger partial charge in [0, 0.05) is 22.5 Å². The van der Waals surface area contributed by atoms with Crippen LogP contribution >= 0.6 is 11.6 Å². The number of halogens is 1. The highest BCUT2D eigenvalue weighted by Gasteiger charge is 2.08. The molecule has 2 N–H and O–H groups in total. The molecular weight excluding hydrogens is 310 g/mol. The molecular formula is C17H14ClN5. The summed E-state index contributed by atoms with van der Waals surface area (Å²) in [5.74, 6) is 0.510. The zero-order valence-corrected chi connectivity index (χ0v) is 13.0. The average molecular weight is 324 g/mol. The fourth-order valence-electron chi connectivity index (χ4n) is 2.61. The summed E-state index contributed by atoms with van der Waals surface area (Å²) in [5.41, 5.74) is 3.64. The lowest BCUT2D eigenvalue weighted by Gasteiger charge is -2.05. The SMILES string of the molecule is Clc1ccccc1CCNc1nnc2c(n1)[nH]c1ccccc12. The second-order valence-electron chi connectivity index (χ2n) is 5.27. The summed E-state index contributed by atoms with van der Waals surface area (Å²) in [6, 6.07) is 15.8. The third-order valence-electron chi connectivity index (χ3n) is 3.76. The van der Waals surface area contributed by atoms with E-state index in [4.69, 9.17) is 11.6 Å². The molecule has 2 heterocycles. The minimum absolute atomic E-state index is 0.510. The summed E-state index contributed by atoms with van der Waals surface area (Å²) in [6.45, 7) is 0.692. The van der Waals surface area contributed by atoms with E-state index < -0.39 is 0 Å². The molecule has 114 valence electrons. The Morgan fingerprint density at radius 3 is 2.74 bits per heavy atom. The van der Waals surface area contributed by atoms with Gasteiger partial charge in [0.05, 0.1) is 0 Å². The molecule has 2 aromatic heterocycles. The van der Waals surface area contributed by atoms with Crippen LogP contribution in [0.15, 0.2) is 48.5 Å². The van der Waals surface area contributed by atoms with Crippen molar-refractivity contribution in [2.45, 2.75) is 6.42 Å². The molecule has 0 radical (unpaired) electrons. The molecule has 0 spiro atoms. The molecule has 0 aliphatic rings. The van der Waals surface area contributed by atoms with Crippen molar-refractivity contribution in [3.8, 4) is 0 Å². The standard InChI is InChI=1S/C17H14ClN5/c18-13-7-3-1-5-11(13)9-10-19-17-21-16-15(22-23-17)12-6-2-4-8-14(12)20-16/h1-8H,9-10H2,(H2,19,20,21,23). The zero-order valence-electron chi connectivity index (χ0n) is 12.3. The Hall–Kier alpha value is -2.66. The van der Waals surface area contributed by atoms with Gasteiger partial charge in [-0.05, 0) is 24.1 Å². The van der Waals surface area contributed by atoms with E-state index in [1.54, 1.807) is 0 Å². The van der Waals surface area contributed by atoms with Gasteiger partial charge in [-0.3, -0.25) is 0 Å². The van der Waals surface area contributed by atoms with Gasteiger partial charge in [0.1, 0.15) is 5.52 Å². The van der Waals surface area contributed by atoms with Crippen molar-refractivity contribution in [2.24, 2.45) is 0 Å². The number of hydrogen-bond acceptors (Lipinski definition) is 4. The lowest BCUT2D eigenvalue weighted by Crippen LogP contribution is -2.09. The van der Waals surface area contributed by atoms with Crippen molar-refractivity contribution < 1.29 is 0 Å². The Bertz CT molecular complexity index is 979. The topological polar surface area (TPSA) is 66.5 Å². The van der Waals surface area contributed by atoms with E-state index in [1.807, 2.05) is 48.5 Å². The highest BCUT2D eigenvalue weighted by Crippen LogP contribution is 2.22. The van der Waals surface area contributed by atoms with Crippen molar-refractivity contribution >= 4 is 39.6 Å². The largest absolute Gasteiger partial charge is 0.353 e. The molecule has 2 aromatic carbocycles. The third kappa shape index (κ3) is 2.71. The number of H-pyrrole nitrogens is 1. The van der Waals surface area contributed by atoms with E-state index >= 15 is 0 Å². The monoisotopic (exact) mass is 323 g/mol. The van der Waals surface area contributed by atoms with Crippen LogP contribution in [-0.4, -0.2) is 26.7 Å². The van der Waals surface area contributed by atoms with Gasteiger partial charge in [-0.2, -0.15) is 4.98 Å². The molecule has 4 rings (SSSR count). The Balaban J connectivity index is 1.53. The summed E-state index contributed by atoms with van der Waals surface area (Å²) >= 11 is 6.15. The van der Waals surface area contributed by atoms with Crippen LogP contribution < -0.4 is 5.32 Å². The number of aromatic amines is 1. The first-order valence-corrected chi connectivity index (χ1v) is 7.77. The fourth-order valence-corrected chi connectivity index (χ4v) is 2.84. The first-order valence-electron chi connectivity index (χ1n) is 7.40. The summed E-state index contributed by atoms with van der Waals surface area (Å²) in [7, 11) is 0. The van der Waals surface area contributed by atoms with Crippen molar-refractivity contribution in [3.05, 3.63) is 59.1 Å². The van der Waals surface area contributed by atoms with Crippen LogP contribution in [-0.2, 0) is 6.42 Å². The number of aromatic nitrogens is 4. The van der Waals surface area contributed by atoms with E-state index in [1.165, 1.54) is 0 Å². The molecule has 0 saturated heterocycles. The first-order chi connectivity index (χ1) is 11.3. The summed E-state index contributed by atoms with van der Waals surface area (Å²) in [4.78, 5) is 7.75. The maximum Gasteiger partial charge on any atom is 0.244 e. The van der Waals surface area contributed by atoms with E-state index in [2.05, 4.69) is 25.5 Å². The highest BCUT2D eigenvalue weighted by molar-refractivity contribution is 6.31. The van der Waals surface area contributed by atoms with Gasteiger partial charge in [-0.15, -0.1) is 10.2 Å². The molecule has 23 heavy (non-hydrogen) atoms. The van der Waals surface area contributed by atoms with Crippen LogP contribution in [0.1, 0.15) is 5.56 Å². The van der Waals surface area contributed by atoms with Gasteiger partial charge in [-0.1, -0.05) is 48.0 Å². The number of benzene rings is 2. The second kappa shape index (κ2) is 5.85. The van der Waals surface area contributed by atoms with Crippen LogP contribution in [0.25, 0.3) is 22.1 Å². The molecule has 0 saturated carbocycles. The molecule has 0 unspecified atom stereocenters. The molecule has 6 heteroatoms. The van der Waals surface area contributed by atoms with Crippen LogP contribution in [0.2, 0.25) is 5.02 Å². The highest BCUT2D eigenvalue weighted by atomic mass is 35.5. The number of anilines is 1. The summed E-state index contributed by atoms with van der Waals surface area (Å²) in [6.07, 6.45) is 0.799. The molecule has 0 aliphatic carbocycles. The molecule has 4 aromatic rings.